The number of nitrogens with zero attached hydrogens (tertiary/aromatic N) is 1. The van der Waals surface area contributed by atoms with Crippen LogP contribution < -0.4 is 15.8 Å². The molecular weight excluding hydrogens is 414 g/mol. The molecule has 0 aliphatic carbocycles. The SMILES string of the molecule is COc1ccc(-c2cc(C(=O)Nc3ccc(C(N)=O)c(Cl)c3)c3ccccc3n2)cc1. The first-order valence-corrected chi connectivity index (χ1v) is 9.79. The van der Waals surface area contributed by atoms with Crippen LogP contribution in [0.4, 0.5) is 5.69 Å². The number of para-hydroxylation sites is 1. The van der Waals surface area contributed by atoms with Gasteiger partial charge in [-0.1, -0.05) is 29.8 Å². The van der Waals surface area contributed by atoms with Crippen molar-refractivity contribution in [3.05, 3.63) is 88.9 Å². The predicted octanol–water partition coefficient (Wildman–Crippen LogP) is 4.92. The van der Waals surface area contributed by atoms with E-state index in [4.69, 9.17) is 27.1 Å². The minimum Gasteiger partial charge on any atom is -0.497 e. The molecule has 3 aromatic carbocycles. The average molecular weight is 432 g/mol. The van der Waals surface area contributed by atoms with Crippen molar-refractivity contribution in [3.8, 4) is 17.0 Å². The molecule has 3 N–H and O–H groups in total. The van der Waals surface area contributed by atoms with Gasteiger partial charge in [-0.2, -0.15) is 0 Å². The molecule has 4 rings (SSSR count). The number of ether oxygens (including phenoxy) is 1. The van der Waals surface area contributed by atoms with Crippen LogP contribution >= 0.6 is 11.6 Å². The van der Waals surface area contributed by atoms with Crippen LogP contribution in [0.15, 0.2) is 72.8 Å². The maximum atomic E-state index is 13.1. The van der Waals surface area contributed by atoms with Crippen LogP contribution in [0.25, 0.3) is 22.2 Å². The number of benzene rings is 3. The number of anilines is 1. The molecule has 0 radical (unpaired) electrons. The number of aromatic nitrogens is 1. The maximum absolute atomic E-state index is 13.1. The lowest BCUT2D eigenvalue weighted by molar-refractivity contribution is 0.0998. The molecule has 0 unspecified atom stereocenters. The van der Waals surface area contributed by atoms with Crippen LogP contribution in [0.5, 0.6) is 5.75 Å². The molecule has 7 heteroatoms. The Balaban J connectivity index is 1.74. The van der Waals surface area contributed by atoms with Crippen molar-refractivity contribution >= 4 is 40.0 Å². The van der Waals surface area contributed by atoms with E-state index in [1.807, 2.05) is 48.5 Å². The fourth-order valence-electron chi connectivity index (χ4n) is 3.26. The topological polar surface area (TPSA) is 94.3 Å². The molecule has 0 saturated heterocycles. The van der Waals surface area contributed by atoms with Gasteiger partial charge in [0, 0.05) is 16.6 Å². The number of rotatable bonds is 5. The molecule has 154 valence electrons. The monoisotopic (exact) mass is 431 g/mol. The summed E-state index contributed by atoms with van der Waals surface area (Å²) in [6.45, 7) is 0. The van der Waals surface area contributed by atoms with Gasteiger partial charge in [-0.3, -0.25) is 9.59 Å². The third-order valence-electron chi connectivity index (χ3n) is 4.84. The number of primary amides is 1. The summed E-state index contributed by atoms with van der Waals surface area (Å²) in [5, 5.41) is 3.72. The van der Waals surface area contributed by atoms with Gasteiger partial charge in [-0.05, 0) is 54.6 Å². The van der Waals surface area contributed by atoms with Gasteiger partial charge in [0.05, 0.1) is 34.5 Å². The number of nitrogens with one attached hydrogen (secondary N) is 1. The van der Waals surface area contributed by atoms with Crippen LogP contribution in [0.2, 0.25) is 5.02 Å². The van der Waals surface area contributed by atoms with Gasteiger partial charge in [0.25, 0.3) is 5.91 Å². The first kappa shape index (κ1) is 20.4. The summed E-state index contributed by atoms with van der Waals surface area (Å²) in [6, 6.07) is 21.2. The third-order valence-corrected chi connectivity index (χ3v) is 5.15. The quantitative estimate of drug-likeness (QED) is 0.469. The molecule has 2 amide bonds. The molecule has 6 nitrogen and oxygen atoms in total. The Kier molecular flexibility index (Phi) is 5.56. The largest absolute Gasteiger partial charge is 0.497 e. The summed E-state index contributed by atoms with van der Waals surface area (Å²) in [7, 11) is 1.61. The number of nitrogens with two attached hydrogens (primary N) is 1. The summed E-state index contributed by atoms with van der Waals surface area (Å²) >= 11 is 6.11. The molecule has 1 aromatic heterocycles. The molecule has 31 heavy (non-hydrogen) atoms. The molecule has 0 atom stereocenters. The van der Waals surface area contributed by atoms with Crippen LogP contribution in [0.3, 0.4) is 0 Å². The highest BCUT2D eigenvalue weighted by molar-refractivity contribution is 6.34. The summed E-state index contributed by atoms with van der Waals surface area (Å²) in [5.41, 5.74) is 8.60. The fraction of sp³-hybridized carbons (Fsp3) is 0.0417. The van der Waals surface area contributed by atoms with E-state index in [0.29, 0.717) is 22.5 Å². The van der Waals surface area contributed by atoms with Crippen molar-refractivity contribution in [2.45, 2.75) is 0 Å². The van der Waals surface area contributed by atoms with Gasteiger partial charge in [0.15, 0.2) is 0 Å². The number of pyridine rings is 1. The lowest BCUT2D eigenvalue weighted by Crippen LogP contribution is -2.14. The number of hydrogen-bond donors (Lipinski definition) is 2. The Bertz CT molecular complexity index is 1300. The van der Waals surface area contributed by atoms with E-state index >= 15 is 0 Å². The molecule has 0 aliphatic rings. The van der Waals surface area contributed by atoms with Crippen LogP contribution in [0.1, 0.15) is 20.7 Å². The number of carbonyl (C=O) groups excluding carboxylic acids is 2. The fourth-order valence-corrected chi connectivity index (χ4v) is 3.54. The number of halogens is 1. The lowest BCUT2D eigenvalue weighted by atomic mass is 10.0. The second-order valence-electron chi connectivity index (χ2n) is 6.81. The molecule has 0 spiro atoms. The van der Waals surface area contributed by atoms with Gasteiger partial charge in [0.2, 0.25) is 5.91 Å². The zero-order valence-corrected chi connectivity index (χ0v) is 17.3. The van der Waals surface area contributed by atoms with Gasteiger partial charge in [-0.25, -0.2) is 4.98 Å². The van der Waals surface area contributed by atoms with Crippen molar-refractivity contribution < 1.29 is 14.3 Å². The van der Waals surface area contributed by atoms with Crippen LogP contribution in [-0.2, 0) is 0 Å². The second-order valence-corrected chi connectivity index (χ2v) is 7.22. The average Bonchev–Trinajstić information content (AvgIpc) is 2.78. The van der Waals surface area contributed by atoms with Crippen molar-refractivity contribution in [3.63, 3.8) is 0 Å². The summed E-state index contributed by atoms with van der Waals surface area (Å²) in [6.07, 6.45) is 0. The number of fused-ring (bicyclic) bond motifs is 1. The summed E-state index contributed by atoms with van der Waals surface area (Å²) in [4.78, 5) is 29.2. The van der Waals surface area contributed by atoms with Crippen LogP contribution in [0, 0.1) is 0 Å². The minimum absolute atomic E-state index is 0.170. The standard InChI is InChI=1S/C24H18ClN3O3/c1-31-16-9-6-14(7-10-16)22-13-19(17-4-2-3-5-21(17)28-22)24(30)27-15-8-11-18(23(26)29)20(25)12-15/h2-13H,1H3,(H2,26,29)(H,27,30). The number of amides is 2. The maximum Gasteiger partial charge on any atom is 0.256 e. The Morgan fingerprint density at radius 1 is 0.968 bits per heavy atom. The summed E-state index contributed by atoms with van der Waals surface area (Å²) in [5.74, 6) is -0.220. The first-order valence-electron chi connectivity index (χ1n) is 9.41. The van der Waals surface area contributed by atoms with Crippen molar-refractivity contribution in [2.24, 2.45) is 5.73 Å². The highest BCUT2D eigenvalue weighted by atomic mass is 35.5. The van der Waals surface area contributed by atoms with E-state index < -0.39 is 5.91 Å². The highest BCUT2D eigenvalue weighted by Crippen LogP contribution is 2.27. The van der Waals surface area contributed by atoms with E-state index in [-0.39, 0.29) is 16.5 Å². The third kappa shape index (κ3) is 4.20. The van der Waals surface area contributed by atoms with E-state index in [1.165, 1.54) is 12.1 Å². The molecular formula is C24H18ClN3O3. The second kappa shape index (κ2) is 8.45. The number of carbonyl (C=O) groups is 2. The normalized spacial score (nSPS) is 10.6. The smallest absolute Gasteiger partial charge is 0.256 e. The van der Waals surface area contributed by atoms with Crippen molar-refractivity contribution in [1.29, 1.82) is 0 Å². The van der Waals surface area contributed by atoms with Crippen molar-refractivity contribution in [1.82, 2.24) is 4.98 Å². The minimum atomic E-state index is -0.632. The molecule has 0 saturated carbocycles. The number of hydrogen-bond acceptors (Lipinski definition) is 4. The van der Waals surface area contributed by atoms with Gasteiger partial charge in [-0.15, -0.1) is 0 Å². The Morgan fingerprint density at radius 2 is 1.71 bits per heavy atom. The summed E-state index contributed by atoms with van der Waals surface area (Å²) < 4.78 is 5.21. The molecule has 0 bridgehead atoms. The van der Waals surface area contributed by atoms with Gasteiger partial charge >= 0.3 is 0 Å². The lowest BCUT2D eigenvalue weighted by Gasteiger charge is -2.12. The van der Waals surface area contributed by atoms with Crippen molar-refractivity contribution in [2.75, 3.05) is 12.4 Å². The first-order chi connectivity index (χ1) is 15.0. The van der Waals surface area contributed by atoms with E-state index in [0.717, 1.165) is 16.7 Å². The predicted molar refractivity (Wildman–Crippen MR) is 122 cm³/mol. The molecule has 0 fully saturated rings. The number of methoxy groups -OCH3 is 1. The molecule has 1 heterocycles. The Labute approximate surface area is 183 Å². The molecule has 0 aliphatic heterocycles. The Hall–Kier alpha value is -3.90. The zero-order chi connectivity index (χ0) is 22.0. The Morgan fingerprint density at radius 3 is 2.39 bits per heavy atom. The van der Waals surface area contributed by atoms with E-state index in [9.17, 15) is 9.59 Å². The van der Waals surface area contributed by atoms with Gasteiger partial charge in [0.1, 0.15) is 5.75 Å². The highest BCUT2D eigenvalue weighted by Gasteiger charge is 2.15. The zero-order valence-electron chi connectivity index (χ0n) is 16.6. The van der Waals surface area contributed by atoms with Gasteiger partial charge < -0.3 is 15.8 Å². The molecule has 4 aromatic rings. The van der Waals surface area contributed by atoms with E-state index in [1.54, 1.807) is 19.2 Å². The van der Waals surface area contributed by atoms with Crippen LogP contribution in [-0.4, -0.2) is 23.9 Å². The van der Waals surface area contributed by atoms with E-state index in [2.05, 4.69) is 5.32 Å².